The van der Waals surface area contributed by atoms with E-state index >= 15 is 0 Å². The van der Waals surface area contributed by atoms with Crippen molar-refractivity contribution in [2.45, 2.75) is 26.8 Å². The second kappa shape index (κ2) is 7.03. The number of nitrogens with zero attached hydrogens (tertiary/aromatic N) is 2. The highest BCUT2D eigenvalue weighted by Gasteiger charge is 2.32. The van der Waals surface area contributed by atoms with E-state index < -0.39 is 0 Å². The molecule has 6 nitrogen and oxygen atoms in total. The topological polar surface area (TPSA) is 65.4 Å². The lowest BCUT2D eigenvalue weighted by molar-refractivity contribution is -0.114. The number of hydrogen-bond acceptors (Lipinski definition) is 5. The molecular formula is C22H23N3O3. The molecule has 1 atom stereocenters. The van der Waals surface area contributed by atoms with Crippen molar-refractivity contribution >= 4 is 22.8 Å². The van der Waals surface area contributed by atoms with E-state index in [-0.39, 0.29) is 11.8 Å². The average Bonchev–Trinajstić information content (AvgIpc) is 3.05. The van der Waals surface area contributed by atoms with Gasteiger partial charge in [0.15, 0.2) is 17.3 Å². The Labute approximate surface area is 163 Å². The van der Waals surface area contributed by atoms with Gasteiger partial charge in [-0.05, 0) is 50.6 Å². The monoisotopic (exact) mass is 377 g/mol. The molecule has 0 aliphatic carbocycles. The minimum Gasteiger partial charge on any atom is -0.493 e. The highest BCUT2D eigenvalue weighted by Crippen LogP contribution is 2.41. The Morgan fingerprint density at radius 1 is 1.21 bits per heavy atom. The Balaban J connectivity index is 1.97. The van der Waals surface area contributed by atoms with Gasteiger partial charge in [0.25, 0.3) is 0 Å². The number of imidazole rings is 1. The van der Waals surface area contributed by atoms with Crippen molar-refractivity contribution in [2.75, 3.05) is 19.0 Å². The zero-order chi connectivity index (χ0) is 19.8. The van der Waals surface area contributed by atoms with Gasteiger partial charge in [-0.15, -0.1) is 0 Å². The van der Waals surface area contributed by atoms with Crippen molar-refractivity contribution in [3.05, 3.63) is 59.3 Å². The lowest BCUT2D eigenvalue weighted by Crippen LogP contribution is -2.27. The Morgan fingerprint density at radius 3 is 2.71 bits per heavy atom. The van der Waals surface area contributed by atoms with Crippen LogP contribution < -0.4 is 14.8 Å². The van der Waals surface area contributed by atoms with E-state index in [4.69, 9.17) is 14.5 Å². The van der Waals surface area contributed by atoms with Crippen molar-refractivity contribution in [2.24, 2.45) is 0 Å². The van der Waals surface area contributed by atoms with E-state index in [1.54, 1.807) is 14.0 Å². The van der Waals surface area contributed by atoms with E-state index in [1.807, 2.05) is 56.3 Å². The van der Waals surface area contributed by atoms with Gasteiger partial charge in [-0.25, -0.2) is 4.98 Å². The maximum atomic E-state index is 12.6. The Hall–Kier alpha value is -3.28. The molecule has 0 bridgehead atoms. The molecule has 0 saturated carbocycles. The fraction of sp³-hybridized carbons (Fsp3) is 0.273. The van der Waals surface area contributed by atoms with Gasteiger partial charge < -0.3 is 14.8 Å². The first-order valence-corrected chi connectivity index (χ1v) is 9.31. The summed E-state index contributed by atoms with van der Waals surface area (Å²) in [7, 11) is 1.62. The number of anilines is 1. The van der Waals surface area contributed by atoms with Crippen LogP contribution in [0.3, 0.4) is 0 Å². The first-order valence-electron chi connectivity index (χ1n) is 9.31. The van der Waals surface area contributed by atoms with Crippen LogP contribution in [0.25, 0.3) is 11.0 Å². The number of para-hydroxylation sites is 2. The number of hydrogen-bond donors (Lipinski definition) is 1. The van der Waals surface area contributed by atoms with E-state index in [9.17, 15) is 4.79 Å². The molecule has 1 aromatic heterocycles. The van der Waals surface area contributed by atoms with Crippen LogP contribution in [-0.2, 0) is 4.79 Å². The SMILES string of the molecule is CCOc1ccc([C@@H]2C(C(C)=O)=C(C)Nc3nc4ccccc4n32)cc1OC. The third kappa shape index (κ3) is 2.81. The molecule has 144 valence electrons. The lowest BCUT2D eigenvalue weighted by Gasteiger charge is -2.30. The van der Waals surface area contributed by atoms with Crippen molar-refractivity contribution in [3.63, 3.8) is 0 Å². The lowest BCUT2D eigenvalue weighted by atomic mass is 9.92. The van der Waals surface area contributed by atoms with E-state index in [0.29, 0.717) is 23.7 Å². The molecule has 0 fully saturated rings. The average molecular weight is 377 g/mol. The van der Waals surface area contributed by atoms with Gasteiger partial charge in [-0.1, -0.05) is 18.2 Å². The minimum absolute atomic E-state index is 0.0197. The van der Waals surface area contributed by atoms with Crippen LogP contribution in [0.5, 0.6) is 11.5 Å². The molecule has 0 radical (unpaired) electrons. The summed E-state index contributed by atoms with van der Waals surface area (Å²) in [4.78, 5) is 17.3. The molecule has 1 aliphatic rings. The van der Waals surface area contributed by atoms with E-state index in [0.717, 1.165) is 28.2 Å². The smallest absolute Gasteiger partial charge is 0.209 e. The first-order chi connectivity index (χ1) is 13.5. The largest absolute Gasteiger partial charge is 0.493 e. The number of rotatable bonds is 5. The predicted molar refractivity (Wildman–Crippen MR) is 109 cm³/mol. The van der Waals surface area contributed by atoms with Gasteiger partial charge in [0.1, 0.15) is 0 Å². The van der Waals surface area contributed by atoms with Crippen LogP contribution in [0.15, 0.2) is 53.7 Å². The predicted octanol–water partition coefficient (Wildman–Crippen LogP) is 4.32. The summed E-state index contributed by atoms with van der Waals surface area (Å²) in [5.41, 5.74) is 4.31. The standard InChI is InChI=1S/C22H23N3O3/c1-5-28-18-11-10-15(12-19(18)27-4)21-20(14(3)26)13(2)23-22-24-16-8-6-7-9-17(16)25(21)22/h6-12,21H,5H2,1-4H3,(H,23,24)/t21-/m1/s1. The molecule has 2 aromatic carbocycles. The molecule has 1 aliphatic heterocycles. The Bertz CT molecular complexity index is 1100. The summed E-state index contributed by atoms with van der Waals surface area (Å²) in [5.74, 6) is 2.07. The van der Waals surface area contributed by atoms with Crippen molar-refractivity contribution in [1.29, 1.82) is 0 Å². The number of aromatic nitrogens is 2. The summed E-state index contributed by atoms with van der Waals surface area (Å²) in [6.07, 6.45) is 0. The van der Waals surface area contributed by atoms with Crippen molar-refractivity contribution in [3.8, 4) is 11.5 Å². The number of allylic oxidation sites excluding steroid dienone is 2. The van der Waals surface area contributed by atoms with Gasteiger partial charge in [0.05, 0.1) is 30.8 Å². The molecular weight excluding hydrogens is 354 g/mol. The number of benzene rings is 2. The number of Topliss-reactive ketones (excluding diaryl/α,β-unsaturated/α-hetero) is 1. The quantitative estimate of drug-likeness (QED) is 0.717. The van der Waals surface area contributed by atoms with Crippen LogP contribution >= 0.6 is 0 Å². The minimum atomic E-state index is -0.300. The van der Waals surface area contributed by atoms with E-state index in [2.05, 4.69) is 9.88 Å². The van der Waals surface area contributed by atoms with Crippen LogP contribution in [0, 0.1) is 0 Å². The van der Waals surface area contributed by atoms with Gasteiger partial charge in [0, 0.05) is 11.3 Å². The van der Waals surface area contributed by atoms with Crippen LogP contribution in [0.4, 0.5) is 5.95 Å². The molecule has 0 amide bonds. The van der Waals surface area contributed by atoms with Crippen molar-refractivity contribution < 1.29 is 14.3 Å². The number of ketones is 1. The summed E-state index contributed by atoms with van der Waals surface area (Å²) < 4.78 is 13.3. The maximum absolute atomic E-state index is 12.6. The van der Waals surface area contributed by atoms with Gasteiger partial charge in [0.2, 0.25) is 5.95 Å². The highest BCUT2D eigenvalue weighted by molar-refractivity contribution is 5.97. The van der Waals surface area contributed by atoms with Crippen molar-refractivity contribution in [1.82, 2.24) is 9.55 Å². The molecule has 3 aromatic rings. The normalized spacial score (nSPS) is 15.9. The number of nitrogens with one attached hydrogen (secondary N) is 1. The molecule has 28 heavy (non-hydrogen) atoms. The van der Waals surface area contributed by atoms with Crippen LogP contribution in [-0.4, -0.2) is 29.1 Å². The third-order valence-corrected chi connectivity index (χ3v) is 5.01. The highest BCUT2D eigenvalue weighted by atomic mass is 16.5. The molecule has 0 saturated heterocycles. The molecule has 1 N–H and O–H groups in total. The Kier molecular flexibility index (Phi) is 4.55. The molecule has 0 spiro atoms. The zero-order valence-electron chi connectivity index (χ0n) is 16.4. The van der Waals surface area contributed by atoms with Gasteiger partial charge >= 0.3 is 0 Å². The second-order valence-corrected chi connectivity index (χ2v) is 6.76. The second-order valence-electron chi connectivity index (χ2n) is 6.76. The molecule has 0 unspecified atom stereocenters. The first kappa shape index (κ1) is 18.1. The maximum Gasteiger partial charge on any atom is 0.209 e. The molecule has 6 heteroatoms. The number of carbonyl (C=O) groups is 1. The van der Waals surface area contributed by atoms with Gasteiger partial charge in [-0.2, -0.15) is 0 Å². The van der Waals surface area contributed by atoms with E-state index in [1.165, 1.54) is 0 Å². The third-order valence-electron chi connectivity index (χ3n) is 5.01. The zero-order valence-corrected chi connectivity index (χ0v) is 16.4. The fourth-order valence-corrected chi connectivity index (χ4v) is 3.86. The fourth-order valence-electron chi connectivity index (χ4n) is 3.86. The number of carbonyl (C=O) groups excluding carboxylic acids is 1. The van der Waals surface area contributed by atoms with Crippen LogP contribution in [0.2, 0.25) is 0 Å². The van der Waals surface area contributed by atoms with Gasteiger partial charge in [-0.3, -0.25) is 9.36 Å². The Morgan fingerprint density at radius 2 is 2.00 bits per heavy atom. The summed E-state index contributed by atoms with van der Waals surface area (Å²) >= 11 is 0. The number of methoxy groups -OCH3 is 1. The molecule has 2 heterocycles. The summed E-state index contributed by atoms with van der Waals surface area (Å²) in [5, 5.41) is 3.30. The summed E-state index contributed by atoms with van der Waals surface area (Å²) in [6.45, 7) is 6.00. The summed E-state index contributed by atoms with van der Waals surface area (Å²) in [6, 6.07) is 13.4. The molecule has 4 rings (SSSR count). The number of ether oxygens (including phenoxy) is 2. The number of fused-ring (bicyclic) bond motifs is 3. The van der Waals surface area contributed by atoms with Crippen LogP contribution in [0.1, 0.15) is 32.4 Å².